The number of para-hydroxylation sites is 1. The SMILES string of the molecule is CN1CCC(N(C)C(=O)C(=O)N2CCN(c3ccccc3F)CC2)CC1. The number of piperidine rings is 1. The highest BCUT2D eigenvalue weighted by molar-refractivity contribution is 6.34. The Labute approximate surface area is 154 Å². The van der Waals surface area contributed by atoms with Crippen LogP contribution in [0.15, 0.2) is 24.3 Å². The van der Waals surface area contributed by atoms with Crippen LogP contribution in [0, 0.1) is 5.82 Å². The van der Waals surface area contributed by atoms with E-state index in [9.17, 15) is 14.0 Å². The van der Waals surface area contributed by atoms with Gasteiger partial charge in [-0.3, -0.25) is 9.59 Å². The fraction of sp³-hybridized carbons (Fsp3) is 0.579. The second-order valence-corrected chi connectivity index (χ2v) is 7.18. The molecule has 0 saturated carbocycles. The quantitative estimate of drug-likeness (QED) is 0.738. The molecule has 2 heterocycles. The molecule has 2 amide bonds. The molecule has 0 aromatic heterocycles. The number of hydrogen-bond acceptors (Lipinski definition) is 4. The van der Waals surface area contributed by atoms with Crippen LogP contribution in [0.1, 0.15) is 12.8 Å². The Morgan fingerprint density at radius 1 is 1.04 bits per heavy atom. The summed E-state index contributed by atoms with van der Waals surface area (Å²) in [4.78, 5) is 32.5. The number of rotatable bonds is 2. The maximum absolute atomic E-state index is 13.9. The van der Waals surface area contributed by atoms with Crippen molar-refractivity contribution in [3.8, 4) is 0 Å². The Kier molecular flexibility index (Phi) is 5.76. The summed E-state index contributed by atoms with van der Waals surface area (Å²) in [6.07, 6.45) is 1.79. The number of carbonyl (C=O) groups is 2. The highest BCUT2D eigenvalue weighted by Gasteiger charge is 2.32. The van der Waals surface area contributed by atoms with Crippen molar-refractivity contribution in [2.75, 3.05) is 58.3 Å². The third-order valence-electron chi connectivity index (χ3n) is 5.50. The molecule has 0 unspecified atom stereocenters. The minimum Gasteiger partial charge on any atom is -0.366 e. The van der Waals surface area contributed by atoms with Crippen molar-refractivity contribution in [2.45, 2.75) is 18.9 Å². The molecule has 6 nitrogen and oxygen atoms in total. The number of piperazine rings is 1. The van der Waals surface area contributed by atoms with Crippen LogP contribution in [0.2, 0.25) is 0 Å². The van der Waals surface area contributed by atoms with Gasteiger partial charge in [0.2, 0.25) is 0 Å². The first-order valence-corrected chi connectivity index (χ1v) is 9.21. The Bertz CT molecular complexity index is 653. The van der Waals surface area contributed by atoms with E-state index in [0.717, 1.165) is 25.9 Å². The highest BCUT2D eigenvalue weighted by Crippen LogP contribution is 2.20. The molecule has 3 rings (SSSR count). The second kappa shape index (κ2) is 8.03. The molecule has 2 fully saturated rings. The standard InChI is InChI=1S/C19H27FN4O2/c1-21-9-7-15(8-10-21)22(2)18(25)19(26)24-13-11-23(12-14-24)17-6-4-3-5-16(17)20/h3-6,15H,7-14H2,1-2H3. The first-order valence-electron chi connectivity index (χ1n) is 9.21. The van der Waals surface area contributed by atoms with E-state index in [1.807, 2.05) is 4.90 Å². The smallest absolute Gasteiger partial charge is 0.312 e. The van der Waals surface area contributed by atoms with Crippen LogP contribution < -0.4 is 4.90 Å². The summed E-state index contributed by atoms with van der Waals surface area (Å²) in [5.41, 5.74) is 0.550. The molecule has 0 atom stereocenters. The summed E-state index contributed by atoms with van der Waals surface area (Å²) in [5, 5.41) is 0. The third kappa shape index (κ3) is 3.98. The van der Waals surface area contributed by atoms with Crippen molar-refractivity contribution in [2.24, 2.45) is 0 Å². The minimum absolute atomic E-state index is 0.127. The van der Waals surface area contributed by atoms with Gasteiger partial charge in [0.05, 0.1) is 5.69 Å². The molecule has 26 heavy (non-hydrogen) atoms. The summed E-state index contributed by atoms with van der Waals surface area (Å²) in [6, 6.07) is 6.77. The maximum atomic E-state index is 13.9. The molecule has 2 aliphatic heterocycles. The lowest BCUT2D eigenvalue weighted by atomic mass is 10.0. The lowest BCUT2D eigenvalue weighted by Gasteiger charge is -2.38. The average Bonchev–Trinajstić information content (AvgIpc) is 2.67. The van der Waals surface area contributed by atoms with Gasteiger partial charge in [-0.2, -0.15) is 0 Å². The zero-order valence-electron chi connectivity index (χ0n) is 15.5. The predicted molar refractivity (Wildman–Crippen MR) is 98.5 cm³/mol. The number of amides is 2. The van der Waals surface area contributed by atoms with Gasteiger partial charge in [0.25, 0.3) is 0 Å². The van der Waals surface area contributed by atoms with Gasteiger partial charge in [-0.15, -0.1) is 0 Å². The Balaban J connectivity index is 1.54. The van der Waals surface area contributed by atoms with Crippen molar-refractivity contribution < 1.29 is 14.0 Å². The van der Waals surface area contributed by atoms with E-state index in [0.29, 0.717) is 31.9 Å². The first kappa shape index (κ1) is 18.6. The Morgan fingerprint density at radius 3 is 2.27 bits per heavy atom. The fourth-order valence-corrected chi connectivity index (χ4v) is 3.69. The van der Waals surface area contributed by atoms with Crippen LogP contribution in [-0.4, -0.2) is 85.9 Å². The highest BCUT2D eigenvalue weighted by atomic mass is 19.1. The number of likely N-dealkylation sites (tertiary alicyclic amines) is 1. The van der Waals surface area contributed by atoms with Gasteiger partial charge in [0, 0.05) is 39.3 Å². The van der Waals surface area contributed by atoms with Gasteiger partial charge in [-0.05, 0) is 45.1 Å². The van der Waals surface area contributed by atoms with Crippen LogP contribution in [0.4, 0.5) is 10.1 Å². The number of benzene rings is 1. The number of hydrogen-bond donors (Lipinski definition) is 0. The van der Waals surface area contributed by atoms with Gasteiger partial charge in [-0.25, -0.2) is 4.39 Å². The lowest BCUT2D eigenvalue weighted by molar-refractivity contribution is -0.152. The van der Waals surface area contributed by atoms with E-state index < -0.39 is 11.8 Å². The Hall–Kier alpha value is -2.15. The van der Waals surface area contributed by atoms with Gasteiger partial charge in [-0.1, -0.05) is 12.1 Å². The lowest BCUT2D eigenvalue weighted by Crippen LogP contribution is -2.55. The van der Waals surface area contributed by atoms with Crippen LogP contribution in [-0.2, 0) is 9.59 Å². The molecule has 2 aliphatic rings. The summed E-state index contributed by atoms with van der Waals surface area (Å²) in [6.45, 7) is 3.80. The van der Waals surface area contributed by atoms with Crippen molar-refractivity contribution in [1.29, 1.82) is 0 Å². The maximum Gasteiger partial charge on any atom is 0.312 e. The topological polar surface area (TPSA) is 47.1 Å². The average molecular weight is 362 g/mol. The minimum atomic E-state index is -0.445. The van der Waals surface area contributed by atoms with Crippen LogP contribution >= 0.6 is 0 Å². The summed E-state index contributed by atoms with van der Waals surface area (Å²) >= 11 is 0. The summed E-state index contributed by atoms with van der Waals surface area (Å²) in [5.74, 6) is -1.14. The fourth-order valence-electron chi connectivity index (χ4n) is 3.69. The first-order chi connectivity index (χ1) is 12.5. The summed E-state index contributed by atoms with van der Waals surface area (Å²) in [7, 11) is 3.80. The number of nitrogens with zero attached hydrogens (tertiary/aromatic N) is 4. The van der Waals surface area contributed by atoms with Crippen molar-refractivity contribution in [3.63, 3.8) is 0 Å². The van der Waals surface area contributed by atoms with Crippen LogP contribution in [0.5, 0.6) is 0 Å². The number of halogens is 1. The molecule has 142 valence electrons. The number of carbonyl (C=O) groups excluding carboxylic acids is 2. The normalized spacial score (nSPS) is 19.5. The van der Waals surface area contributed by atoms with Crippen molar-refractivity contribution in [1.82, 2.24) is 14.7 Å². The van der Waals surface area contributed by atoms with Crippen LogP contribution in [0.3, 0.4) is 0 Å². The van der Waals surface area contributed by atoms with Gasteiger partial charge >= 0.3 is 11.8 Å². The van der Waals surface area contributed by atoms with Crippen molar-refractivity contribution in [3.05, 3.63) is 30.1 Å². The number of anilines is 1. The van der Waals surface area contributed by atoms with E-state index in [1.54, 1.807) is 35.0 Å². The zero-order valence-corrected chi connectivity index (χ0v) is 15.5. The summed E-state index contributed by atoms with van der Waals surface area (Å²) < 4.78 is 13.9. The molecule has 2 saturated heterocycles. The molecule has 1 aromatic rings. The Morgan fingerprint density at radius 2 is 1.65 bits per heavy atom. The van der Waals surface area contributed by atoms with Crippen molar-refractivity contribution >= 4 is 17.5 Å². The molecule has 1 aromatic carbocycles. The molecule has 0 spiro atoms. The number of likely N-dealkylation sites (N-methyl/N-ethyl adjacent to an activating group) is 1. The molecule has 7 heteroatoms. The van der Waals surface area contributed by atoms with Gasteiger partial charge in [0.1, 0.15) is 5.82 Å². The van der Waals surface area contributed by atoms with Crippen LogP contribution in [0.25, 0.3) is 0 Å². The molecular weight excluding hydrogens is 335 g/mol. The third-order valence-corrected chi connectivity index (χ3v) is 5.50. The van der Waals surface area contributed by atoms with E-state index in [1.165, 1.54) is 6.07 Å². The van der Waals surface area contributed by atoms with E-state index in [-0.39, 0.29) is 11.9 Å². The molecule has 0 bridgehead atoms. The van der Waals surface area contributed by atoms with E-state index in [2.05, 4.69) is 11.9 Å². The van der Waals surface area contributed by atoms with E-state index >= 15 is 0 Å². The molecule has 0 aliphatic carbocycles. The predicted octanol–water partition coefficient (Wildman–Crippen LogP) is 1.03. The second-order valence-electron chi connectivity index (χ2n) is 7.18. The van der Waals surface area contributed by atoms with E-state index in [4.69, 9.17) is 0 Å². The molecule has 0 N–H and O–H groups in total. The molecule has 0 radical (unpaired) electrons. The monoisotopic (exact) mass is 362 g/mol. The largest absolute Gasteiger partial charge is 0.366 e. The molecular formula is C19H27FN4O2. The zero-order chi connectivity index (χ0) is 18.7. The van der Waals surface area contributed by atoms with Gasteiger partial charge < -0.3 is 19.6 Å². The van der Waals surface area contributed by atoms with Gasteiger partial charge in [0.15, 0.2) is 0 Å².